The van der Waals surface area contributed by atoms with Crippen molar-refractivity contribution in [2.24, 2.45) is 5.92 Å². The van der Waals surface area contributed by atoms with Crippen LogP contribution in [0.25, 0.3) is 10.9 Å². The van der Waals surface area contributed by atoms with E-state index in [1.807, 2.05) is 24.3 Å². The summed E-state index contributed by atoms with van der Waals surface area (Å²) in [5.41, 5.74) is 1.55. The SMILES string of the molecule is Cc1c(COc2cccc(OCCOCC3CCOCC3)c2)[nH]c2ccc(F)cc2c1=O. The molecule has 0 unspecified atom stereocenters. The van der Waals surface area contributed by atoms with E-state index in [2.05, 4.69) is 4.98 Å². The molecule has 0 aliphatic carbocycles. The number of halogens is 1. The first-order valence-electron chi connectivity index (χ1n) is 10.9. The molecule has 1 aliphatic rings. The van der Waals surface area contributed by atoms with Crippen molar-refractivity contribution in [1.29, 1.82) is 0 Å². The van der Waals surface area contributed by atoms with Crippen molar-refractivity contribution in [1.82, 2.24) is 4.98 Å². The zero-order valence-corrected chi connectivity index (χ0v) is 18.2. The summed E-state index contributed by atoms with van der Waals surface area (Å²) in [4.78, 5) is 15.7. The lowest BCUT2D eigenvalue weighted by molar-refractivity contribution is 0.0139. The molecule has 0 radical (unpaired) electrons. The van der Waals surface area contributed by atoms with Crippen LogP contribution in [0.2, 0.25) is 0 Å². The number of fused-ring (bicyclic) bond motifs is 1. The zero-order chi connectivity index (χ0) is 22.3. The second-order valence-electron chi connectivity index (χ2n) is 7.99. The fourth-order valence-corrected chi connectivity index (χ4v) is 3.74. The number of benzene rings is 2. The van der Waals surface area contributed by atoms with E-state index in [1.165, 1.54) is 12.1 Å². The lowest BCUT2D eigenvalue weighted by Crippen LogP contribution is -2.21. The summed E-state index contributed by atoms with van der Waals surface area (Å²) >= 11 is 0. The number of nitrogens with one attached hydrogen (secondary N) is 1. The molecule has 0 saturated carbocycles. The van der Waals surface area contributed by atoms with E-state index in [-0.39, 0.29) is 12.0 Å². The summed E-state index contributed by atoms with van der Waals surface area (Å²) in [6.07, 6.45) is 2.11. The molecule has 1 aromatic heterocycles. The predicted octanol–water partition coefficient (Wildman–Crippen LogP) is 4.38. The van der Waals surface area contributed by atoms with Gasteiger partial charge in [-0.2, -0.15) is 0 Å². The Kier molecular flexibility index (Phi) is 7.39. The Morgan fingerprint density at radius 1 is 1.06 bits per heavy atom. The molecule has 1 aliphatic heterocycles. The van der Waals surface area contributed by atoms with Crippen molar-refractivity contribution < 1.29 is 23.3 Å². The van der Waals surface area contributed by atoms with Gasteiger partial charge in [-0.25, -0.2) is 4.39 Å². The van der Waals surface area contributed by atoms with Crippen molar-refractivity contribution in [3.63, 3.8) is 0 Å². The van der Waals surface area contributed by atoms with Crippen LogP contribution in [0.1, 0.15) is 24.1 Å². The molecule has 0 spiro atoms. The summed E-state index contributed by atoms with van der Waals surface area (Å²) in [6.45, 7) is 5.27. The fraction of sp³-hybridized carbons (Fsp3) is 0.400. The van der Waals surface area contributed by atoms with Crippen molar-refractivity contribution in [3.8, 4) is 11.5 Å². The molecule has 4 rings (SSSR count). The number of aromatic amines is 1. The molecule has 7 heteroatoms. The van der Waals surface area contributed by atoms with Crippen molar-refractivity contribution in [3.05, 3.63) is 69.8 Å². The van der Waals surface area contributed by atoms with Crippen LogP contribution in [-0.4, -0.2) is 38.0 Å². The molecule has 170 valence electrons. The van der Waals surface area contributed by atoms with E-state index >= 15 is 0 Å². The smallest absolute Gasteiger partial charge is 0.192 e. The minimum absolute atomic E-state index is 0.187. The maximum absolute atomic E-state index is 13.5. The highest BCUT2D eigenvalue weighted by atomic mass is 19.1. The Hall–Kier alpha value is -2.90. The molecule has 3 aromatic rings. The standard InChI is InChI=1S/C25H28FNO5/c1-17-24(27-23-6-5-19(26)13-22(23)25(17)28)16-32-21-4-2-3-20(14-21)31-12-11-30-15-18-7-9-29-10-8-18/h2-6,13-14,18H,7-12,15-16H2,1H3,(H,27,28). The number of hydrogen-bond acceptors (Lipinski definition) is 5. The summed E-state index contributed by atoms with van der Waals surface area (Å²) in [5, 5.41) is 0.334. The molecular formula is C25H28FNO5. The van der Waals surface area contributed by atoms with Crippen molar-refractivity contribution in [2.45, 2.75) is 26.4 Å². The molecule has 1 saturated heterocycles. The topological polar surface area (TPSA) is 69.8 Å². The van der Waals surface area contributed by atoms with Gasteiger partial charge in [-0.3, -0.25) is 4.79 Å². The summed E-state index contributed by atoms with van der Waals surface area (Å²) < 4.78 is 36.2. The van der Waals surface area contributed by atoms with E-state index in [1.54, 1.807) is 13.0 Å². The third-order valence-corrected chi connectivity index (χ3v) is 5.68. The van der Waals surface area contributed by atoms with Crippen LogP contribution >= 0.6 is 0 Å². The summed E-state index contributed by atoms with van der Waals surface area (Å²) in [7, 11) is 0. The Bertz CT molecular complexity index is 1110. The van der Waals surface area contributed by atoms with Gasteiger partial charge in [-0.1, -0.05) is 6.07 Å². The van der Waals surface area contributed by atoms with Crippen molar-refractivity contribution in [2.75, 3.05) is 33.0 Å². The second kappa shape index (κ2) is 10.6. The minimum Gasteiger partial charge on any atom is -0.491 e. The molecule has 2 heterocycles. The number of aromatic nitrogens is 1. The average Bonchev–Trinajstić information content (AvgIpc) is 2.82. The molecule has 0 amide bonds. The lowest BCUT2D eigenvalue weighted by Gasteiger charge is -2.21. The number of ether oxygens (including phenoxy) is 4. The predicted molar refractivity (Wildman–Crippen MR) is 120 cm³/mol. The molecule has 1 N–H and O–H groups in total. The first-order valence-corrected chi connectivity index (χ1v) is 10.9. The van der Waals surface area contributed by atoms with Crippen LogP contribution in [-0.2, 0) is 16.1 Å². The summed E-state index contributed by atoms with van der Waals surface area (Å²) in [5.74, 6) is 1.46. The van der Waals surface area contributed by atoms with E-state index in [0.29, 0.717) is 52.8 Å². The van der Waals surface area contributed by atoms with Crippen LogP contribution < -0.4 is 14.9 Å². The van der Waals surface area contributed by atoms with Gasteiger partial charge in [-0.05, 0) is 56.0 Å². The van der Waals surface area contributed by atoms with Gasteiger partial charge >= 0.3 is 0 Å². The van der Waals surface area contributed by atoms with Gasteiger partial charge in [-0.15, -0.1) is 0 Å². The molecule has 0 bridgehead atoms. The maximum atomic E-state index is 13.5. The quantitative estimate of drug-likeness (QED) is 0.499. The largest absolute Gasteiger partial charge is 0.491 e. The van der Waals surface area contributed by atoms with Crippen LogP contribution in [0.4, 0.5) is 4.39 Å². The zero-order valence-electron chi connectivity index (χ0n) is 18.2. The van der Waals surface area contributed by atoms with E-state index in [4.69, 9.17) is 18.9 Å². The van der Waals surface area contributed by atoms with Gasteiger partial charge in [0.05, 0.1) is 12.3 Å². The van der Waals surface area contributed by atoms with E-state index in [9.17, 15) is 9.18 Å². The number of rotatable bonds is 9. The van der Waals surface area contributed by atoms with Gasteiger partial charge in [0, 0.05) is 42.4 Å². The monoisotopic (exact) mass is 441 g/mol. The fourth-order valence-electron chi connectivity index (χ4n) is 3.74. The Labute approximate surface area is 186 Å². The van der Waals surface area contributed by atoms with Gasteiger partial charge < -0.3 is 23.9 Å². The number of pyridine rings is 1. The number of hydrogen-bond donors (Lipinski definition) is 1. The molecule has 32 heavy (non-hydrogen) atoms. The van der Waals surface area contributed by atoms with Crippen LogP contribution in [0.3, 0.4) is 0 Å². The third-order valence-electron chi connectivity index (χ3n) is 5.68. The maximum Gasteiger partial charge on any atom is 0.192 e. The van der Waals surface area contributed by atoms with Gasteiger partial charge in [0.25, 0.3) is 0 Å². The molecule has 6 nitrogen and oxygen atoms in total. The van der Waals surface area contributed by atoms with Gasteiger partial charge in [0.15, 0.2) is 5.43 Å². The third kappa shape index (κ3) is 5.66. The first kappa shape index (κ1) is 22.3. The van der Waals surface area contributed by atoms with Crippen LogP contribution in [0, 0.1) is 18.7 Å². The molecule has 1 fully saturated rings. The van der Waals surface area contributed by atoms with Gasteiger partial charge in [0.2, 0.25) is 0 Å². The molecule has 0 atom stereocenters. The van der Waals surface area contributed by atoms with E-state index in [0.717, 1.165) is 32.7 Å². The Morgan fingerprint density at radius 3 is 2.66 bits per heavy atom. The van der Waals surface area contributed by atoms with E-state index < -0.39 is 5.82 Å². The first-order chi connectivity index (χ1) is 15.6. The average molecular weight is 441 g/mol. The van der Waals surface area contributed by atoms with Crippen molar-refractivity contribution >= 4 is 10.9 Å². The van der Waals surface area contributed by atoms with Gasteiger partial charge in [0.1, 0.15) is 30.5 Å². The summed E-state index contributed by atoms with van der Waals surface area (Å²) in [6, 6.07) is 11.5. The Balaban J connectivity index is 1.30. The molecule has 2 aromatic carbocycles. The van der Waals surface area contributed by atoms with Crippen LogP contribution in [0.15, 0.2) is 47.3 Å². The number of H-pyrrole nitrogens is 1. The highest BCUT2D eigenvalue weighted by Gasteiger charge is 2.13. The highest BCUT2D eigenvalue weighted by Crippen LogP contribution is 2.21. The van der Waals surface area contributed by atoms with Crippen LogP contribution in [0.5, 0.6) is 11.5 Å². The Morgan fingerprint density at radius 2 is 1.84 bits per heavy atom. The minimum atomic E-state index is -0.433. The highest BCUT2D eigenvalue weighted by molar-refractivity contribution is 5.79. The lowest BCUT2D eigenvalue weighted by atomic mass is 10.0. The second-order valence-corrected chi connectivity index (χ2v) is 7.99. The molecular weight excluding hydrogens is 413 g/mol. The normalized spacial score (nSPS) is 14.6.